The first-order chi connectivity index (χ1) is 7.10. The summed E-state index contributed by atoms with van der Waals surface area (Å²) in [5, 5.41) is 0. The van der Waals surface area contributed by atoms with Crippen molar-refractivity contribution in [3.05, 3.63) is 0 Å². The number of ketones is 1. The zero-order chi connectivity index (χ0) is 11.4. The minimum atomic E-state index is -0.551. The van der Waals surface area contributed by atoms with E-state index in [-0.39, 0.29) is 12.3 Å². The third kappa shape index (κ3) is 2.55. The molecule has 0 aliphatic carbocycles. The topological polar surface area (TPSA) is 57.7 Å². The molecule has 0 aromatic heterocycles. The zero-order valence-electron chi connectivity index (χ0n) is 9.15. The van der Waals surface area contributed by atoms with Gasteiger partial charge >= 0.3 is 11.8 Å². The van der Waals surface area contributed by atoms with Crippen LogP contribution in [0.5, 0.6) is 0 Å². The van der Waals surface area contributed by atoms with Crippen LogP contribution in [0, 0.1) is 0 Å². The molecule has 15 heavy (non-hydrogen) atoms. The Kier molecular flexibility index (Phi) is 3.82. The summed E-state index contributed by atoms with van der Waals surface area (Å²) in [6, 6.07) is 0. The zero-order valence-corrected chi connectivity index (χ0v) is 9.15. The van der Waals surface area contributed by atoms with Crippen LogP contribution in [0.1, 0.15) is 20.3 Å². The summed E-state index contributed by atoms with van der Waals surface area (Å²) in [5.74, 6) is -1.06. The summed E-state index contributed by atoms with van der Waals surface area (Å²) in [6.07, 6.45) is 0.398. The number of hydrogen-bond donors (Lipinski definition) is 0. The maximum Gasteiger partial charge on any atom is 0.312 e. The van der Waals surface area contributed by atoms with Gasteiger partial charge in [0, 0.05) is 26.1 Å². The molecule has 1 fully saturated rings. The first kappa shape index (κ1) is 11.7. The molecule has 0 unspecified atom stereocenters. The summed E-state index contributed by atoms with van der Waals surface area (Å²) in [7, 11) is 0. The fourth-order valence-corrected chi connectivity index (χ4v) is 1.49. The minimum Gasteiger partial charge on any atom is -0.333 e. The molecule has 0 atom stereocenters. The fourth-order valence-electron chi connectivity index (χ4n) is 1.49. The minimum absolute atomic E-state index is 0.0129. The van der Waals surface area contributed by atoms with Crippen molar-refractivity contribution in [2.75, 3.05) is 26.2 Å². The van der Waals surface area contributed by atoms with Crippen LogP contribution >= 0.6 is 0 Å². The Morgan fingerprint density at radius 2 is 1.67 bits per heavy atom. The van der Waals surface area contributed by atoms with E-state index in [9.17, 15) is 14.4 Å². The molecule has 0 aromatic rings. The van der Waals surface area contributed by atoms with Crippen molar-refractivity contribution in [2.24, 2.45) is 0 Å². The predicted octanol–water partition coefficient (Wildman–Crippen LogP) is -0.344. The molecule has 0 bridgehead atoms. The molecule has 0 radical (unpaired) electrons. The van der Waals surface area contributed by atoms with E-state index < -0.39 is 11.8 Å². The van der Waals surface area contributed by atoms with E-state index in [2.05, 4.69) is 0 Å². The van der Waals surface area contributed by atoms with Crippen molar-refractivity contribution in [3.8, 4) is 0 Å². The third-order valence-electron chi connectivity index (χ3n) is 2.54. The van der Waals surface area contributed by atoms with Gasteiger partial charge in [-0.25, -0.2) is 0 Å². The van der Waals surface area contributed by atoms with Gasteiger partial charge in [0.15, 0.2) is 5.78 Å². The largest absolute Gasteiger partial charge is 0.333 e. The molecular formula is C10H16N2O3. The summed E-state index contributed by atoms with van der Waals surface area (Å²) < 4.78 is 0. The Labute approximate surface area is 89.0 Å². The van der Waals surface area contributed by atoms with Crippen LogP contribution in [-0.2, 0) is 14.4 Å². The van der Waals surface area contributed by atoms with E-state index in [0.717, 1.165) is 0 Å². The Hall–Kier alpha value is -1.39. The second-order valence-electron chi connectivity index (χ2n) is 3.50. The van der Waals surface area contributed by atoms with Crippen LogP contribution < -0.4 is 0 Å². The van der Waals surface area contributed by atoms with Crippen molar-refractivity contribution in [2.45, 2.75) is 20.3 Å². The molecule has 0 saturated carbocycles. The molecule has 5 heteroatoms. The van der Waals surface area contributed by atoms with Gasteiger partial charge in [0.2, 0.25) is 0 Å². The lowest BCUT2D eigenvalue weighted by Gasteiger charge is -2.32. The van der Waals surface area contributed by atoms with E-state index in [1.54, 1.807) is 6.92 Å². The smallest absolute Gasteiger partial charge is 0.312 e. The molecule has 5 nitrogen and oxygen atoms in total. The predicted molar refractivity (Wildman–Crippen MR) is 54.1 cm³/mol. The maximum absolute atomic E-state index is 11.5. The van der Waals surface area contributed by atoms with E-state index in [1.165, 1.54) is 9.80 Å². The van der Waals surface area contributed by atoms with Gasteiger partial charge in [-0.1, -0.05) is 6.92 Å². The van der Waals surface area contributed by atoms with Gasteiger partial charge in [-0.05, 0) is 6.92 Å². The summed E-state index contributed by atoms with van der Waals surface area (Å²) in [5.41, 5.74) is 0. The average Bonchev–Trinajstić information content (AvgIpc) is 2.25. The first-order valence-electron chi connectivity index (χ1n) is 5.20. The Morgan fingerprint density at radius 1 is 1.13 bits per heavy atom. The molecule has 1 saturated heterocycles. The van der Waals surface area contributed by atoms with Gasteiger partial charge in [-0.15, -0.1) is 0 Å². The van der Waals surface area contributed by atoms with Gasteiger partial charge < -0.3 is 9.80 Å². The van der Waals surface area contributed by atoms with E-state index in [4.69, 9.17) is 0 Å². The van der Waals surface area contributed by atoms with Gasteiger partial charge in [0.1, 0.15) is 0 Å². The second kappa shape index (κ2) is 4.91. The number of rotatable bonds is 4. The summed E-state index contributed by atoms with van der Waals surface area (Å²) in [4.78, 5) is 37.0. The Bertz CT molecular complexity index is 288. The number of hydrogen-bond acceptors (Lipinski definition) is 3. The number of piperazine rings is 1. The molecule has 0 spiro atoms. The lowest BCUT2D eigenvalue weighted by Crippen LogP contribution is -2.55. The lowest BCUT2D eigenvalue weighted by atomic mass is 10.2. The highest BCUT2D eigenvalue weighted by atomic mass is 16.2. The van der Waals surface area contributed by atoms with Crippen molar-refractivity contribution >= 4 is 17.6 Å². The van der Waals surface area contributed by atoms with Crippen LogP contribution in [0.2, 0.25) is 0 Å². The van der Waals surface area contributed by atoms with Gasteiger partial charge in [-0.3, -0.25) is 14.4 Å². The SMILES string of the molecule is CCC(=O)CN1CCN(CC)C(=O)C1=O. The molecule has 0 aromatic carbocycles. The van der Waals surface area contributed by atoms with Crippen LogP contribution in [0.15, 0.2) is 0 Å². The fraction of sp³-hybridized carbons (Fsp3) is 0.700. The molecule has 84 valence electrons. The highest BCUT2D eigenvalue weighted by molar-refractivity contribution is 6.35. The summed E-state index contributed by atoms with van der Waals surface area (Å²) in [6.45, 7) is 5.18. The molecule has 1 aliphatic rings. The number of Topliss-reactive ketones (excluding diaryl/α,β-unsaturated/α-hetero) is 1. The van der Waals surface area contributed by atoms with E-state index >= 15 is 0 Å². The van der Waals surface area contributed by atoms with Crippen LogP contribution in [0.4, 0.5) is 0 Å². The molecule has 1 heterocycles. The molecule has 1 rings (SSSR count). The van der Waals surface area contributed by atoms with Crippen LogP contribution in [0.3, 0.4) is 0 Å². The van der Waals surface area contributed by atoms with Crippen molar-refractivity contribution < 1.29 is 14.4 Å². The monoisotopic (exact) mass is 212 g/mol. The number of carbonyl (C=O) groups excluding carboxylic acids is 3. The van der Waals surface area contributed by atoms with Crippen molar-refractivity contribution in [1.29, 1.82) is 0 Å². The molecule has 2 amide bonds. The molecular weight excluding hydrogens is 196 g/mol. The first-order valence-corrected chi connectivity index (χ1v) is 5.20. The maximum atomic E-state index is 11.5. The number of nitrogens with zero attached hydrogens (tertiary/aromatic N) is 2. The van der Waals surface area contributed by atoms with E-state index in [1.807, 2.05) is 6.92 Å². The summed E-state index contributed by atoms with van der Waals surface area (Å²) >= 11 is 0. The van der Waals surface area contributed by atoms with Crippen molar-refractivity contribution in [1.82, 2.24) is 9.80 Å². The lowest BCUT2D eigenvalue weighted by molar-refractivity contribution is -0.156. The average molecular weight is 212 g/mol. The van der Waals surface area contributed by atoms with Gasteiger partial charge in [-0.2, -0.15) is 0 Å². The Balaban J connectivity index is 2.61. The second-order valence-corrected chi connectivity index (χ2v) is 3.50. The molecule has 1 aliphatic heterocycles. The standard InChI is InChI=1S/C10H16N2O3/c1-3-8(13)7-12-6-5-11(4-2)9(14)10(12)15/h3-7H2,1-2H3. The van der Waals surface area contributed by atoms with E-state index in [0.29, 0.717) is 26.1 Å². The van der Waals surface area contributed by atoms with Crippen LogP contribution in [-0.4, -0.2) is 53.6 Å². The van der Waals surface area contributed by atoms with Gasteiger partial charge in [0.25, 0.3) is 0 Å². The quantitative estimate of drug-likeness (QED) is 0.599. The number of carbonyl (C=O) groups is 3. The Morgan fingerprint density at radius 3 is 2.20 bits per heavy atom. The van der Waals surface area contributed by atoms with Crippen molar-refractivity contribution in [3.63, 3.8) is 0 Å². The highest BCUT2D eigenvalue weighted by Crippen LogP contribution is 2.04. The van der Waals surface area contributed by atoms with Crippen LogP contribution in [0.25, 0.3) is 0 Å². The molecule has 0 N–H and O–H groups in total. The highest BCUT2D eigenvalue weighted by Gasteiger charge is 2.31. The third-order valence-corrected chi connectivity index (χ3v) is 2.54. The normalized spacial score (nSPS) is 17.2. The number of likely N-dealkylation sites (N-methyl/N-ethyl adjacent to an activating group) is 1. The number of amides is 2. The van der Waals surface area contributed by atoms with Gasteiger partial charge in [0.05, 0.1) is 6.54 Å².